The molecule has 1 fully saturated rings. The number of amides is 1. The summed E-state index contributed by atoms with van der Waals surface area (Å²) in [6, 6.07) is 7.84. The van der Waals surface area contributed by atoms with E-state index in [1.54, 1.807) is 12.0 Å². The first-order valence-corrected chi connectivity index (χ1v) is 7.66. The predicted molar refractivity (Wildman–Crippen MR) is 86.1 cm³/mol. The number of carbonyl (C=O) groups is 1. The smallest absolute Gasteiger partial charge is 0.410 e. The number of methoxy groups -OCH3 is 1. The predicted octanol–water partition coefficient (Wildman–Crippen LogP) is 2.75. The van der Waals surface area contributed by atoms with Crippen molar-refractivity contribution in [2.75, 3.05) is 20.2 Å². The largest absolute Gasteiger partial charge is 0.496 e. The molecule has 22 heavy (non-hydrogen) atoms. The molecule has 5 heteroatoms. The third-order valence-corrected chi connectivity index (χ3v) is 3.71. The van der Waals surface area contributed by atoms with Crippen LogP contribution < -0.4 is 10.5 Å². The number of likely N-dealkylation sites (tertiary alicyclic amines) is 1. The molecule has 2 rings (SSSR count). The van der Waals surface area contributed by atoms with E-state index in [0.29, 0.717) is 13.1 Å². The van der Waals surface area contributed by atoms with Gasteiger partial charge in [-0.15, -0.1) is 0 Å². The van der Waals surface area contributed by atoms with Crippen molar-refractivity contribution in [2.45, 2.75) is 44.8 Å². The van der Waals surface area contributed by atoms with Gasteiger partial charge < -0.3 is 20.1 Å². The molecule has 0 aromatic heterocycles. The van der Waals surface area contributed by atoms with Crippen molar-refractivity contribution in [3.8, 4) is 5.75 Å². The van der Waals surface area contributed by atoms with Gasteiger partial charge in [0.2, 0.25) is 0 Å². The number of piperidine rings is 1. The summed E-state index contributed by atoms with van der Waals surface area (Å²) >= 11 is 0. The highest BCUT2D eigenvalue weighted by Gasteiger charge is 2.32. The molecule has 0 aliphatic carbocycles. The maximum absolute atomic E-state index is 12.3. The Kier molecular flexibility index (Phi) is 4.96. The summed E-state index contributed by atoms with van der Waals surface area (Å²) in [7, 11) is 1.66. The van der Waals surface area contributed by atoms with Crippen LogP contribution in [0.3, 0.4) is 0 Å². The van der Waals surface area contributed by atoms with E-state index in [1.165, 1.54) is 0 Å². The Labute approximate surface area is 132 Å². The van der Waals surface area contributed by atoms with Crippen molar-refractivity contribution in [1.29, 1.82) is 0 Å². The van der Waals surface area contributed by atoms with E-state index in [0.717, 1.165) is 17.7 Å². The Hall–Kier alpha value is -1.75. The highest BCUT2D eigenvalue weighted by Crippen LogP contribution is 2.33. The first kappa shape index (κ1) is 16.6. The number of nitrogens with zero attached hydrogens (tertiary/aromatic N) is 1. The summed E-state index contributed by atoms with van der Waals surface area (Å²) in [6.07, 6.45) is 0.530. The molecule has 1 heterocycles. The zero-order valence-electron chi connectivity index (χ0n) is 13.8. The molecule has 0 bridgehead atoms. The van der Waals surface area contributed by atoms with Gasteiger partial charge in [-0.25, -0.2) is 4.79 Å². The standard InChI is InChI=1S/C17H26N2O3/c1-17(2,3)22-16(20)19-10-12(9-13(18)11-19)14-7-5-6-8-15(14)21-4/h5-8,12-13H,9-11,18H2,1-4H3/t12-,13+/m1/s1. The summed E-state index contributed by atoms with van der Waals surface area (Å²) in [4.78, 5) is 14.0. The fourth-order valence-corrected chi connectivity index (χ4v) is 2.84. The van der Waals surface area contributed by atoms with Crippen molar-refractivity contribution >= 4 is 6.09 Å². The molecule has 1 aromatic carbocycles. The van der Waals surface area contributed by atoms with Crippen LogP contribution in [-0.4, -0.2) is 42.8 Å². The van der Waals surface area contributed by atoms with Gasteiger partial charge in [-0.2, -0.15) is 0 Å². The molecule has 1 aliphatic heterocycles. The normalized spacial score (nSPS) is 22.3. The Morgan fingerprint density at radius 2 is 1.95 bits per heavy atom. The number of rotatable bonds is 2. The van der Waals surface area contributed by atoms with E-state index >= 15 is 0 Å². The fourth-order valence-electron chi connectivity index (χ4n) is 2.84. The molecule has 2 atom stereocenters. The third kappa shape index (κ3) is 4.13. The van der Waals surface area contributed by atoms with Gasteiger partial charge in [-0.3, -0.25) is 0 Å². The van der Waals surface area contributed by atoms with Gasteiger partial charge in [-0.1, -0.05) is 18.2 Å². The van der Waals surface area contributed by atoms with Crippen LogP contribution in [0.5, 0.6) is 5.75 Å². The Balaban J connectivity index is 2.16. The number of hydrogen-bond donors (Lipinski definition) is 1. The maximum atomic E-state index is 12.3. The summed E-state index contributed by atoms with van der Waals surface area (Å²) in [5.74, 6) is 0.998. The van der Waals surface area contributed by atoms with Crippen molar-refractivity contribution < 1.29 is 14.3 Å². The Morgan fingerprint density at radius 3 is 2.59 bits per heavy atom. The van der Waals surface area contributed by atoms with Crippen LogP contribution in [-0.2, 0) is 4.74 Å². The molecular formula is C17H26N2O3. The lowest BCUT2D eigenvalue weighted by atomic mass is 9.88. The molecule has 0 spiro atoms. The topological polar surface area (TPSA) is 64.8 Å². The molecule has 0 radical (unpaired) electrons. The zero-order chi connectivity index (χ0) is 16.3. The average molecular weight is 306 g/mol. The monoisotopic (exact) mass is 306 g/mol. The van der Waals surface area contributed by atoms with E-state index in [2.05, 4.69) is 0 Å². The van der Waals surface area contributed by atoms with Crippen molar-refractivity contribution in [2.24, 2.45) is 5.73 Å². The van der Waals surface area contributed by atoms with Crippen LogP contribution in [0.4, 0.5) is 4.79 Å². The third-order valence-electron chi connectivity index (χ3n) is 3.71. The number of hydrogen-bond acceptors (Lipinski definition) is 4. The summed E-state index contributed by atoms with van der Waals surface area (Å²) in [5, 5.41) is 0. The van der Waals surface area contributed by atoms with Crippen LogP contribution in [0.25, 0.3) is 0 Å². The highest BCUT2D eigenvalue weighted by molar-refractivity contribution is 5.68. The van der Waals surface area contributed by atoms with Crippen LogP contribution in [0.1, 0.15) is 38.7 Å². The van der Waals surface area contributed by atoms with Crippen LogP contribution >= 0.6 is 0 Å². The van der Waals surface area contributed by atoms with E-state index in [1.807, 2.05) is 45.0 Å². The van der Waals surface area contributed by atoms with E-state index < -0.39 is 5.60 Å². The quantitative estimate of drug-likeness (QED) is 0.912. The molecule has 1 aliphatic rings. The molecule has 5 nitrogen and oxygen atoms in total. The van der Waals surface area contributed by atoms with Crippen molar-refractivity contribution in [3.63, 3.8) is 0 Å². The molecule has 122 valence electrons. The number of nitrogens with two attached hydrogens (primary N) is 1. The second-order valence-corrected chi connectivity index (χ2v) is 6.82. The van der Waals surface area contributed by atoms with Gasteiger partial charge in [0.25, 0.3) is 0 Å². The maximum Gasteiger partial charge on any atom is 0.410 e. The molecule has 1 aromatic rings. The van der Waals surface area contributed by atoms with Gasteiger partial charge in [0, 0.05) is 25.0 Å². The lowest BCUT2D eigenvalue weighted by Gasteiger charge is -2.37. The number of carbonyl (C=O) groups excluding carboxylic acids is 1. The lowest BCUT2D eigenvalue weighted by Crippen LogP contribution is -2.50. The number of para-hydroxylation sites is 1. The SMILES string of the molecule is COc1ccccc1[C@@H]1C[C@H](N)CN(C(=O)OC(C)(C)C)C1. The minimum absolute atomic E-state index is 0.0591. The van der Waals surface area contributed by atoms with Gasteiger partial charge in [0.05, 0.1) is 7.11 Å². The van der Waals surface area contributed by atoms with Gasteiger partial charge in [0.1, 0.15) is 11.4 Å². The summed E-state index contributed by atoms with van der Waals surface area (Å²) in [5.41, 5.74) is 6.75. The minimum Gasteiger partial charge on any atom is -0.496 e. The molecule has 1 saturated heterocycles. The molecule has 0 unspecified atom stereocenters. The lowest BCUT2D eigenvalue weighted by molar-refractivity contribution is 0.0180. The first-order chi connectivity index (χ1) is 10.3. The number of ether oxygens (including phenoxy) is 2. The molecule has 1 amide bonds. The van der Waals surface area contributed by atoms with Crippen LogP contribution in [0, 0.1) is 0 Å². The molecule has 0 saturated carbocycles. The van der Waals surface area contributed by atoms with E-state index in [4.69, 9.17) is 15.2 Å². The van der Waals surface area contributed by atoms with Gasteiger partial charge in [-0.05, 0) is 38.8 Å². The number of benzene rings is 1. The highest BCUT2D eigenvalue weighted by atomic mass is 16.6. The zero-order valence-corrected chi connectivity index (χ0v) is 13.8. The molecule has 2 N–H and O–H groups in total. The minimum atomic E-state index is -0.501. The average Bonchev–Trinajstić information content (AvgIpc) is 2.44. The first-order valence-electron chi connectivity index (χ1n) is 7.66. The van der Waals surface area contributed by atoms with Gasteiger partial charge >= 0.3 is 6.09 Å². The Morgan fingerprint density at radius 1 is 1.27 bits per heavy atom. The van der Waals surface area contributed by atoms with E-state index in [9.17, 15) is 4.79 Å². The van der Waals surface area contributed by atoms with Gasteiger partial charge in [0.15, 0.2) is 0 Å². The summed E-state index contributed by atoms with van der Waals surface area (Å²) < 4.78 is 10.9. The van der Waals surface area contributed by atoms with Crippen molar-refractivity contribution in [1.82, 2.24) is 4.90 Å². The molecular weight excluding hydrogens is 280 g/mol. The summed E-state index contributed by atoms with van der Waals surface area (Å²) in [6.45, 7) is 6.73. The van der Waals surface area contributed by atoms with E-state index in [-0.39, 0.29) is 18.1 Å². The van der Waals surface area contributed by atoms with Crippen LogP contribution in [0.2, 0.25) is 0 Å². The second kappa shape index (κ2) is 6.57. The second-order valence-electron chi connectivity index (χ2n) is 6.82. The van der Waals surface area contributed by atoms with Crippen LogP contribution in [0.15, 0.2) is 24.3 Å². The fraction of sp³-hybridized carbons (Fsp3) is 0.588. The Bertz CT molecular complexity index is 525. The van der Waals surface area contributed by atoms with Crippen molar-refractivity contribution in [3.05, 3.63) is 29.8 Å².